The Morgan fingerprint density at radius 1 is 0.655 bits per heavy atom. The van der Waals surface area contributed by atoms with E-state index in [4.69, 9.17) is 9.05 Å². The number of phosphoric ester groups is 1. The van der Waals surface area contributed by atoms with Crippen molar-refractivity contribution in [1.82, 2.24) is 5.32 Å². The smallest absolute Gasteiger partial charge is 0.268 e. The normalized spacial score (nSPS) is 15.3. The Morgan fingerprint density at radius 3 is 1.69 bits per heavy atom. The Kier molecular flexibility index (Phi) is 35.7. The molecule has 8 nitrogen and oxygen atoms in total. The Labute approximate surface area is 337 Å². The number of likely N-dealkylation sites (N-methyl/N-ethyl adjacent to an activating group) is 1. The topological polar surface area (TPSA) is 108 Å². The van der Waals surface area contributed by atoms with Crippen LogP contribution in [-0.4, -0.2) is 68.5 Å². The lowest BCUT2D eigenvalue weighted by Gasteiger charge is -2.29. The predicted octanol–water partition coefficient (Wildman–Crippen LogP) is 11.2. The minimum absolute atomic E-state index is 0.0154. The maximum absolute atomic E-state index is 12.8. The summed E-state index contributed by atoms with van der Waals surface area (Å²) in [4.78, 5) is 25.2. The highest BCUT2D eigenvalue weighted by molar-refractivity contribution is 7.45. The van der Waals surface area contributed by atoms with E-state index in [0.717, 1.165) is 89.9 Å². The number of hydrogen-bond donors (Lipinski definition) is 2. The summed E-state index contributed by atoms with van der Waals surface area (Å²) in [6.45, 7) is 4.44. The van der Waals surface area contributed by atoms with Crippen molar-refractivity contribution in [1.29, 1.82) is 0 Å². The molecule has 2 N–H and O–H groups in total. The highest BCUT2D eigenvalue weighted by atomic mass is 31.2. The molecule has 0 saturated heterocycles. The molecule has 55 heavy (non-hydrogen) atoms. The molecule has 0 radical (unpaired) electrons. The quantitative estimate of drug-likeness (QED) is 0.0281. The van der Waals surface area contributed by atoms with Crippen LogP contribution in [0.3, 0.4) is 0 Å². The number of aliphatic hydroxyl groups excluding tert-OH is 1. The van der Waals surface area contributed by atoms with Crippen LogP contribution in [0.15, 0.2) is 85.1 Å². The highest BCUT2D eigenvalue weighted by Gasteiger charge is 2.23. The van der Waals surface area contributed by atoms with Crippen LogP contribution in [-0.2, 0) is 18.4 Å². The first-order chi connectivity index (χ1) is 26.5. The zero-order valence-corrected chi connectivity index (χ0v) is 36.5. The molecule has 0 rings (SSSR count). The number of rotatable bonds is 37. The fourth-order valence-corrected chi connectivity index (χ4v) is 6.15. The second kappa shape index (κ2) is 37.3. The van der Waals surface area contributed by atoms with Gasteiger partial charge in [0.15, 0.2) is 0 Å². The number of phosphoric acid groups is 1. The molecule has 0 aromatic carbocycles. The zero-order chi connectivity index (χ0) is 40.7. The lowest BCUT2D eigenvalue weighted by molar-refractivity contribution is -0.870. The van der Waals surface area contributed by atoms with E-state index >= 15 is 0 Å². The van der Waals surface area contributed by atoms with Gasteiger partial charge in [-0.1, -0.05) is 150 Å². The molecule has 0 aliphatic heterocycles. The van der Waals surface area contributed by atoms with Gasteiger partial charge in [-0.25, -0.2) is 0 Å². The number of hydrogen-bond acceptors (Lipinski definition) is 6. The fourth-order valence-electron chi connectivity index (χ4n) is 5.43. The molecule has 0 aromatic heterocycles. The Morgan fingerprint density at radius 2 is 1.13 bits per heavy atom. The van der Waals surface area contributed by atoms with Gasteiger partial charge in [-0.15, -0.1) is 0 Å². The van der Waals surface area contributed by atoms with Crippen molar-refractivity contribution >= 4 is 13.7 Å². The van der Waals surface area contributed by atoms with Crippen LogP contribution in [0.1, 0.15) is 149 Å². The molecule has 0 aliphatic rings. The maximum Gasteiger partial charge on any atom is 0.268 e. The molecule has 1 amide bonds. The van der Waals surface area contributed by atoms with Gasteiger partial charge in [0.2, 0.25) is 5.91 Å². The van der Waals surface area contributed by atoms with E-state index in [1.807, 2.05) is 27.2 Å². The van der Waals surface area contributed by atoms with Crippen LogP contribution in [0.5, 0.6) is 0 Å². The number of nitrogens with one attached hydrogen (secondary N) is 1. The molecule has 0 aliphatic carbocycles. The molecule has 0 fully saturated rings. The molecule has 0 saturated carbocycles. The number of carbonyl (C=O) groups excluding carboxylic acids is 1. The Hall–Kier alpha value is -2.32. The SMILES string of the molecule is CC/C=C\C/C=C\C/C=C\C/C=C\C/C=C\CCCCCCCC(=O)NC(COP(=O)([O-])OCC[N+](C)(C)C)C(O)/C=C/CC/C=C/CCCCCCCC. The Bertz CT molecular complexity index is 1170. The zero-order valence-electron chi connectivity index (χ0n) is 35.6. The van der Waals surface area contributed by atoms with Crippen LogP contribution < -0.4 is 10.2 Å². The average molecular weight is 789 g/mol. The predicted molar refractivity (Wildman–Crippen MR) is 233 cm³/mol. The van der Waals surface area contributed by atoms with Crippen molar-refractivity contribution in [2.24, 2.45) is 0 Å². The van der Waals surface area contributed by atoms with E-state index in [1.165, 1.54) is 38.5 Å². The standard InChI is InChI=1S/C46H81N2O6P/c1-6-8-10-12-14-16-18-20-21-22-23-24-25-26-27-28-30-32-34-36-38-40-46(50)47-44(43-54-55(51,52)53-42-41-48(3,4)5)45(49)39-37-35-33-31-29-19-17-15-13-11-9-7-2/h8,10,14,16,20-21,23-24,26-27,29,31,37,39,44-45,49H,6-7,9,11-13,15,17-19,22,25,28,30,32-36,38,40-43H2,1-5H3,(H-,47,50,51,52)/b10-8-,16-14-,21-20-,24-23-,27-26-,31-29+,39-37+. The van der Waals surface area contributed by atoms with Gasteiger partial charge in [0, 0.05) is 6.42 Å². The van der Waals surface area contributed by atoms with Crippen LogP contribution in [0.4, 0.5) is 0 Å². The largest absolute Gasteiger partial charge is 0.756 e. The summed E-state index contributed by atoms with van der Waals surface area (Å²) < 4.78 is 23.1. The van der Waals surface area contributed by atoms with Gasteiger partial charge in [-0.3, -0.25) is 9.36 Å². The molecule has 3 unspecified atom stereocenters. The minimum atomic E-state index is -4.60. The van der Waals surface area contributed by atoms with Gasteiger partial charge in [0.1, 0.15) is 13.2 Å². The summed E-state index contributed by atoms with van der Waals surface area (Å²) in [5, 5.41) is 13.7. The van der Waals surface area contributed by atoms with Crippen LogP contribution in [0.25, 0.3) is 0 Å². The van der Waals surface area contributed by atoms with E-state index in [-0.39, 0.29) is 12.5 Å². The molecule has 3 atom stereocenters. The van der Waals surface area contributed by atoms with Gasteiger partial charge < -0.3 is 28.8 Å². The average Bonchev–Trinajstić information content (AvgIpc) is 3.13. The van der Waals surface area contributed by atoms with Gasteiger partial charge in [-0.05, 0) is 77.0 Å². The first kappa shape index (κ1) is 52.7. The number of allylic oxidation sites excluding steroid dienone is 13. The van der Waals surface area contributed by atoms with Crippen LogP contribution >= 0.6 is 7.82 Å². The van der Waals surface area contributed by atoms with Crippen LogP contribution in [0.2, 0.25) is 0 Å². The first-order valence-corrected chi connectivity index (χ1v) is 22.9. The number of unbranched alkanes of at least 4 members (excludes halogenated alkanes) is 12. The van der Waals surface area contributed by atoms with Crippen molar-refractivity contribution in [3.63, 3.8) is 0 Å². The number of quaternary nitrogens is 1. The number of amides is 1. The van der Waals surface area contributed by atoms with Gasteiger partial charge in [-0.2, -0.15) is 0 Å². The third-order valence-electron chi connectivity index (χ3n) is 8.84. The fraction of sp³-hybridized carbons (Fsp3) is 0.674. The van der Waals surface area contributed by atoms with E-state index in [9.17, 15) is 19.4 Å². The minimum Gasteiger partial charge on any atom is -0.756 e. The summed E-state index contributed by atoms with van der Waals surface area (Å²) in [5.41, 5.74) is 0. The summed E-state index contributed by atoms with van der Waals surface area (Å²) in [5.74, 6) is -0.232. The van der Waals surface area contributed by atoms with E-state index < -0.39 is 26.6 Å². The second-order valence-electron chi connectivity index (χ2n) is 15.3. The molecule has 9 heteroatoms. The summed E-state index contributed by atoms with van der Waals surface area (Å²) in [6.07, 6.45) is 50.6. The molecule has 0 bridgehead atoms. The molecule has 0 spiro atoms. The van der Waals surface area contributed by atoms with Crippen LogP contribution in [0, 0.1) is 0 Å². The van der Waals surface area contributed by atoms with Gasteiger partial charge in [0.05, 0.1) is 39.9 Å². The highest BCUT2D eigenvalue weighted by Crippen LogP contribution is 2.38. The second-order valence-corrected chi connectivity index (χ2v) is 16.7. The molecular weight excluding hydrogens is 707 g/mol. The van der Waals surface area contributed by atoms with E-state index in [1.54, 1.807) is 6.08 Å². The monoisotopic (exact) mass is 789 g/mol. The number of aliphatic hydroxyl groups is 1. The summed E-state index contributed by atoms with van der Waals surface area (Å²) >= 11 is 0. The number of nitrogens with zero attached hydrogens (tertiary/aromatic N) is 1. The lowest BCUT2D eigenvalue weighted by atomic mass is 10.1. The van der Waals surface area contributed by atoms with Crippen molar-refractivity contribution in [3.8, 4) is 0 Å². The molecule has 0 heterocycles. The van der Waals surface area contributed by atoms with Gasteiger partial charge in [0.25, 0.3) is 7.82 Å². The lowest BCUT2D eigenvalue weighted by Crippen LogP contribution is -2.45. The Balaban J connectivity index is 4.50. The summed E-state index contributed by atoms with van der Waals surface area (Å²) in [7, 11) is 1.21. The molecule has 0 aromatic rings. The molecule has 316 valence electrons. The number of carbonyl (C=O) groups is 1. The maximum atomic E-state index is 12.8. The summed E-state index contributed by atoms with van der Waals surface area (Å²) in [6, 6.07) is -0.917. The molecular formula is C46H81N2O6P. The van der Waals surface area contributed by atoms with Gasteiger partial charge >= 0.3 is 0 Å². The third-order valence-corrected chi connectivity index (χ3v) is 9.80. The van der Waals surface area contributed by atoms with E-state index in [0.29, 0.717) is 17.4 Å². The third kappa shape index (κ3) is 39.7. The van der Waals surface area contributed by atoms with Crippen molar-refractivity contribution < 1.29 is 32.9 Å². The van der Waals surface area contributed by atoms with Crippen molar-refractivity contribution in [3.05, 3.63) is 85.1 Å². The van der Waals surface area contributed by atoms with E-state index in [2.05, 4.69) is 92.1 Å². The van der Waals surface area contributed by atoms with Crippen molar-refractivity contribution in [2.45, 2.75) is 161 Å². The van der Waals surface area contributed by atoms with Crippen molar-refractivity contribution in [2.75, 3.05) is 40.9 Å². The first-order valence-electron chi connectivity index (χ1n) is 21.4.